The predicted molar refractivity (Wildman–Crippen MR) is 71.5 cm³/mol. The van der Waals surface area contributed by atoms with Gasteiger partial charge in [0.2, 0.25) is 5.91 Å². The molecule has 0 aromatic carbocycles. The highest BCUT2D eigenvalue weighted by Crippen LogP contribution is 2.27. The van der Waals surface area contributed by atoms with Crippen LogP contribution in [-0.2, 0) is 14.3 Å². The Morgan fingerprint density at radius 2 is 2.00 bits per heavy atom. The topological polar surface area (TPSA) is 75.6 Å². The molecule has 0 spiro atoms. The Morgan fingerprint density at radius 3 is 2.63 bits per heavy atom. The number of nitrogens with one attached hydrogen (secondary N) is 1. The van der Waals surface area contributed by atoms with E-state index in [2.05, 4.69) is 10.1 Å². The lowest BCUT2D eigenvalue weighted by Crippen LogP contribution is -2.37. The van der Waals surface area contributed by atoms with Crippen LogP contribution in [0.2, 0.25) is 0 Å². The van der Waals surface area contributed by atoms with E-state index in [1.807, 2.05) is 0 Å². The molecular weight excluding hydrogens is 246 g/mol. The van der Waals surface area contributed by atoms with E-state index in [1.165, 1.54) is 39.2 Å². The molecule has 1 rings (SSSR count). The summed E-state index contributed by atoms with van der Waals surface area (Å²) >= 11 is 0. The molecular formula is C14H25NO4. The number of methoxy groups -OCH3 is 1. The lowest BCUT2D eigenvalue weighted by atomic mass is 9.86. The van der Waals surface area contributed by atoms with Crippen molar-refractivity contribution in [1.29, 1.82) is 0 Å². The summed E-state index contributed by atoms with van der Waals surface area (Å²) in [5.74, 6) is -0.0523. The summed E-state index contributed by atoms with van der Waals surface area (Å²) < 4.78 is 4.36. The highest BCUT2D eigenvalue weighted by atomic mass is 16.5. The molecule has 0 aliphatic heterocycles. The second kappa shape index (κ2) is 8.91. The Bertz CT molecular complexity index is 287. The van der Waals surface area contributed by atoms with Crippen LogP contribution in [0.25, 0.3) is 0 Å². The Balaban J connectivity index is 2.05. The lowest BCUT2D eigenvalue weighted by molar-refractivity contribution is -0.150. The van der Waals surface area contributed by atoms with E-state index in [0.29, 0.717) is 6.42 Å². The molecule has 0 bridgehead atoms. The number of aliphatic hydroxyl groups excluding tert-OH is 1. The minimum absolute atomic E-state index is 0.0745. The van der Waals surface area contributed by atoms with Gasteiger partial charge in [0.15, 0.2) is 6.10 Å². The normalized spacial score (nSPS) is 17.8. The van der Waals surface area contributed by atoms with Crippen molar-refractivity contribution in [2.24, 2.45) is 5.92 Å². The van der Waals surface area contributed by atoms with Gasteiger partial charge in [0, 0.05) is 6.42 Å². The van der Waals surface area contributed by atoms with Crippen molar-refractivity contribution >= 4 is 11.9 Å². The van der Waals surface area contributed by atoms with E-state index in [9.17, 15) is 14.7 Å². The van der Waals surface area contributed by atoms with Crippen LogP contribution in [0.5, 0.6) is 0 Å². The fraction of sp³-hybridized carbons (Fsp3) is 0.857. The van der Waals surface area contributed by atoms with E-state index in [0.717, 1.165) is 18.8 Å². The third-order valence-corrected chi connectivity index (χ3v) is 3.71. The van der Waals surface area contributed by atoms with Crippen molar-refractivity contribution in [3.8, 4) is 0 Å². The van der Waals surface area contributed by atoms with E-state index >= 15 is 0 Å². The van der Waals surface area contributed by atoms with Gasteiger partial charge in [-0.05, 0) is 18.8 Å². The number of esters is 1. The molecule has 1 saturated carbocycles. The van der Waals surface area contributed by atoms with Gasteiger partial charge in [0.1, 0.15) is 0 Å². The van der Waals surface area contributed by atoms with Crippen LogP contribution in [-0.4, -0.2) is 36.7 Å². The van der Waals surface area contributed by atoms with Crippen LogP contribution in [0, 0.1) is 5.92 Å². The van der Waals surface area contributed by atoms with Crippen molar-refractivity contribution in [3.05, 3.63) is 0 Å². The minimum Gasteiger partial charge on any atom is -0.467 e. The van der Waals surface area contributed by atoms with Gasteiger partial charge in [-0.15, -0.1) is 0 Å². The van der Waals surface area contributed by atoms with Crippen LogP contribution in [0.1, 0.15) is 51.4 Å². The molecule has 5 nitrogen and oxygen atoms in total. The first kappa shape index (κ1) is 16.0. The molecule has 1 aliphatic rings. The largest absolute Gasteiger partial charge is 0.467 e. The number of aliphatic hydroxyl groups is 1. The molecule has 0 aromatic heterocycles. The molecule has 19 heavy (non-hydrogen) atoms. The zero-order chi connectivity index (χ0) is 14.1. The van der Waals surface area contributed by atoms with Crippen LogP contribution < -0.4 is 5.32 Å². The number of hydrogen-bond acceptors (Lipinski definition) is 4. The quantitative estimate of drug-likeness (QED) is 0.686. The first-order valence-electron chi connectivity index (χ1n) is 7.16. The van der Waals surface area contributed by atoms with Gasteiger partial charge in [-0.1, -0.05) is 32.1 Å². The Hall–Kier alpha value is -1.10. The Labute approximate surface area is 114 Å². The van der Waals surface area contributed by atoms with Crippen LogP contribution in [0.3, 0.4) is 0 Å². The fourth-order valence-corrected chi connectivity index (χ4v) is 2.55. The Kier molecular flexibility index (Phi) is 7.48. The van der Waals surface area contributed by atoms with Gasteiger partial charge in [-0.2, -0.15) is 0 Å². The minimum atomic E-state index is -1.27. The first-order chi connectivity index (χ1) is 9.13. The standard InChI is InChI=1S/C14H25NO4/c1-19-14(18)12(16)10-15-13(17)9-5-8-11-6-3-2-4-7-11/h11-12,16H,2-10H2,1H3,(H,15,17). The van der Waals surface area contributed by atoms with Gasteiger partial charge in [0.25, 0.3) is 0 Å². The molecule has 0 radical (unpaired) electrons. The molecule has 1 amide bonds. The highest BCUT2D eigenvalue weighted by Gasteiger charge is 2.17. The van der Waals surface area contributed by atoms with Crippen LogP contribution in [0.4, 0.5) is 0 Å². The molecule has 0 heterocycles. The zero-order valence-electron chi connectivity index (χ0n) is 11.7. The van der Waals surface area contributed by atoms with Crippen molar-refractivity contribution in [1.82, 2.24) is 5.32 Å². The summed E-state index contributed by atoms with van der Waals surface area (Å²) in [5.41, 5.74) is 0. The molecule has 5 heteroatoms. The van der Waals surface area contributed by atoms with Crippen molar-refractivity contribution in [2.75, 3.05) is 13.7 Å². The second-order valence-electron chi connectivity index (χ2n) is 5.24. The average molecular weight is 271 g/mol. The summed E-state index contributed by atoms with van der Waals surface area (Å²) in [4.78, 5) is 22.4. The molecule has 110 valence electrons. The third-order valence-electron chi connectivity index (χ3n) is 3.71. The number of rotatable bonds is 7. The molecule has 1 unspecified atom stereocenters. The third kappa shape index (κ3) is 6.57. The summed E-state index contributed by atoms with van der Waals surface area (Å²) in [7, 11) is 1.21. The van der Waals surface area contributed by atoms with Gasteiger partial charge in [0.05, 0.1) is 13.7 Å². The molecule has 1 aliphatic carbocycles. The van der Waals surface area contributed by atoms with Gasteiger partial charge in [-0.3, -0.25) is 4.79 Å². The monoisotopic (exact) mass is 271 g/mol. The number of carbonyl (C=O) groups is 2. The number of carbonyl (C=O) groups excluding carboxylic acids is 2. The summed E-state index contributed by atoms with van der Waals surface area (Å²) in [6.45, 7) is -0.0745. The maximum absolute atomic E-state index is 11.5. The summed E-state index contributed by atoms with van der Waals surface area (Å²) in [6, 6.07) is 0. The van der Waals surface area contributed by atoms with E-state index < -0.39 is 12.1 Å². The van der Waals surface area contributed by atoms with Gasteiger partial charge in [-0.25, -0.2) is 4.79 Å². The fourth-order valence-electron chi connectivity index (χ4n) is 2.55. The number of hydrogen-bond donors (Lipinski definition) is 2. The van der Waals surface area contributed by atoms with Crippen molar-refractivity contribution < 1.29 is 19.4 Å². The molecule has 0 saturated heterocycles. The first-order valence-corrected chi connectivity index (χ1v) is 7.16. The second-order valence-corrected chi connectivity index (χ2v) is 5.24. The number of ether oxygens (including phenoxy) is 1. The predicted octanol–water partition coefficient (Wildman–Crippen LogP) is 1.39. The van der Waals surface area contributed by atoms with E-state index in [-0.39, 0.29) is 12.5 Å². The van der Waals surface area contributed by atoms with Crippen molar-refractivity contribution in [3.63, 3.8) is 0 Å². The van der Waals surface area contributed by atoms with Crippen LogP contribution >= 0.6 is 0 Å². The number of amides is 1. The maximum atomic E-state index is 11.5. The van der Waals surface area contributed by atoms with E-state index in [1.54, 1.807) is 0 Å². The average Bonchev–Trinajstić information content (AvgIpc) is 2.45. The lowest BCUT2D eigenvalue weighted by Gasteiger charge is -2.21. The smallest absolute Gasteiger partial charge is 0.336 e. The van der Waals surface area contributed by atoms with Gasteiger partial charge < -0.3 is 15.2 Å². The molecule has 0 aromatic rings. The van der Waals surface area contributed by atoms with Crippen LogP contribution in [0.15, 0.2) is 0 Å². The molecule has 1 atom stereocenters. The summed E-state index contributed by atoms with van der Waals surface area (Å²) in [6.07, 6.45) is 7.76. The zero-order valence-corrected chi connectivity index (χ0v) is 11.7. The highest BCUT2D eigenvalue weighted by molar-refractivity contribution is 5.78. The molecule has 2 N–H and O–H groups in total. The Morgan fingerprint density at radius 1 is 1.32 bits per heavy atom. The molecule has 1 fully saturated rings. The van der Waals surface area contributed by atoms with E-state index in [4.69, 9.17) is 0 Å². The van der Waals surface area contributed by atoms with Crippen molar-refractivity contribution in [2.45, 2.75) is 57.5 Å². The van der Waals surface area contributed by atoms with Gasteiger partial charge >= 0.3 is 5.97 Å². The maximum Gasteiger partial charge on any atom is 0.336 e. The SMILES string of the molecule is COC(=O)C(O)CNC(=O)CCCC1CCCCC1. The summed E-state index contributed by atoms with van der Waals surface area (Å²) in [5, 5.41) is 11.9.